The van der Waals surface area contributed by atoms with Gasteiger partial charge in [0.05, 0.1) is 34.0 Å². The van der Waals surface area contributed by atoms with Gasteiger partial charge in [0.2, 0.25) is 0 Å². The number of aromatic hydroxyl groups is 1. The maximum Gasteiger partial charge on any atom is 0.269 e. The molecule has 0 saturated carbocycles. The highest BCUT2D eigenvalue weighted by atomic mass is 16.3. The first-order valence-corrected chi connectivity index (χ1v) is 12.9. The second kappa shape index (κ2) is 10.6. The number of phenolic OH excluding ortho intramolecular Hbond substituents is 1. The summed E-state index contributed by atoms with van der Waals surface area (Å²) in [6.45, 7) is 2.05. The largest absolute Gasteiger partial charge is 0.511 e. The SMILES string of the molecule is Cc1ccccc1N(C=Nc1ccccc1)c1cc(C#N)cc(-n2[c-][n+](-c3ccccc3O)c3ccccc32)c1. The lowest BCUT2D eigenvalue weighted by molar-refractivity contribution is -0.573. The smallest absolute Gasteiger partial charge is 0.269 e. The van der Waals surface area contributed by atoms with Gasteiger partial charge in [0.25, 0.3) is 6.33 Å². The van der Waals surface area contributed by atoms with Crippen LogP contribution in [0.4, 0.5) is 17.1 Å². The zero-order valence-corrected chi connectivity index (χ0v) is 21.8. The van der Waals surface area contributed by atoms with E-state index in [9.17, 15) is 10.4 Å². The number of nitriles is 1. The number of rotatable bonds is 6. The average molecular weight is 520 g/mol. The van der Waals surface area contributed by atoms with E-state index in [-0.39, 0.29) is 5.75 Å². The summed E-state index contributed by atoms with van der Waals surface area (Å²) in [5, 5.41) is 20.6. The first-order valence-electron chi connectivity index (χ1n) is 12.9. The van der Waals surface area contributed by atoms with Crippen molar-refractivity contribution in [3.63, 3.8) is 0 Å². The van der Waals surface area contributed by atoms with Crippen LogP contribution in [0.2, 0.25) is 0 Å². The molecule has 1 aromatic heterocycles. The Morgan fingerprint density at radius 1 is 0.875 bits per heavy atom. The quantitative estimate of drug-likeness (QED) is 0.111. The fourth-order valence-corrected chi connectivity index (χ4v) is 4.75. The number of para-hydroxylation sites is 6. The van der Waals surface area contributed by atoms with E-state index in [1.807, 2.05) is 117 Å². The van der Waals surface area contributed by atoms with Gasteiger partial charge >= 0.3 is 0 Å². The van der Waals surface area contributed by atoms with Crippen molar-refractivity contribution in [1.82, 2.24) is 4.57 Å². The first kappa shape index (κ1) is 24.7. The lowest BCUT2D eigenvalue weighted by Gasteiger charge is -2.23. The summed E-state index contributed by atoms with van der Waals surface area (Å²) in [6.07, 6.45) is 5.19. The van der Waals surface area contributed by atoms with Gasteiger partial charge in [-0.25, -0.2) is 4.99 Å². The van der Waals surface area contributed by atoms with Crippen LogP contribution < -0.4 is 9.47 Å². The highest BCUT2D eigenvalue weighted by Crippen LogP contribution is 2.31. The van der Waals surface area contributed by atoms with Gasteiger partial charge in [-0.1, -0.05) is 72.8 Å². The Morgan fingerprint density at radius 3 is 2.40 bits per heavy atom. The molecule has 0 atom stereocenters. The summed E-state index contributed by atoms with van der Waals surface area (Å²) in [6, 6.07) is 40.9. The van der Waals surface area contributed by atoms with Crippen LogP contribution in [0.3, 0.4) is 0 Å². The second-order valence-corrected chi connectivity index (χ2v) is 9.33. The number of imidazole rings is 1. The molecule has 0 fully saturated rings. The molecule has 40 heavy (non-hydrogen) atoms. The predicted molar refractivity (Wildman–Crippen MR) is 158 cm³/mol. The summed E-state index contributed by atoms with van der Waals surface area (Å²) in [7, 11) is 0. The van der Waals surface area contributed by atoms with Crippen LogP contribution in [0.1, 0.15) is 11.1 Å². The van der Waals surface area contributed by atoms with Crippen LogP contribution in [0.15, 0.2) is 126 Å². The van der Waals surface area contributed by atoms with Crippen molar-refractivity contribution in [2.24, 2.45) is 4.99 Å². The van der Waals surface area contributed by atoms with Crippen LogP contribution in [0.5, 0.6) is 5.75 Å². The third kappa shape index (κ3) is 4.68. The van der Waals surface area contributed by atoms with Crippen molar-refractivity contribution in [2.45, 2.75) is 6.92 Å². The van der Waals surface area contributed by atoms with E-state index in [0.717, 1.165) is 39.3 Å². The van der Waals surface area contributed by atoms with Gasteiger partial charge in [-0.05, 0) is 61.0 Å². The normalized spacial score (nSPS) is 11.1. The number of nitrogens with zero attached hydrogens (tertiary/aromatic N) is 5. The van der Waals surface area contributed by atoms with E-state index in [1.54, 1.807) is 18.5 Å². The number of aromatic nitrogens is 2. The molecule has 1 heterocycles. The minimum atomic E-state index is 0.154. The molecule has 0 aliphatic carbocycles. The fourth-order valence-electron chi connectivity index (χ4n) is 4.75. The zero-order chi connectivity index (χ0) is 27.5. The van der Waals surface area contributed by atoms with Crippen molar-refractivity contribution >= 4 is 34.4 Å². The highest BCUT2D eigenvalue weighted by Gasteiger charge is 2.17. The Bertz CT molecular complexity index is 1900. The first-order chi connectivity index (χ1) is 19.6. The molecule has 6 aromatic rings. The topological polar surface area (TPSA) is 68.4 Å². The molecule has 0 amide bonds. The molecule has 6 rings (SSSR count). The Kier molecular flexibility index (Phi) is 6.53. The monoisotopic (exact) mass is 519 g/mol. The van der Waals surface area contributed by atoms with Crippen LogP contribution in [-0.4, -0.2) is 16.0 Å². The summed E-state index contributed by atoms with van der Waals surface area (Å²) < 4.78 is 3.75. The number of phenols is 1. The molecule has 1 N–H and O–H groups in total. The van der Waals surface area contributed by atoms with Gasteiger partial charge in [0.1, 0.15) is 17.8 Å². The van der Waals surface area contributed by atoms with Crippen LogP contribution in [0, 0.1) is 24.6 Å². The lowest BCUT2D eigenvalue weighted by atomic mass is 10.1. The van der Waals surface area contributed by atoms with Gasteiger partial charge < -0.3 is 10.0 Å². The van der Waals surface area contributed by atoms with Gasteiger partial charge in [0, 0.05) is 11.4 Å². The summed E-state index contributed by atoms with van der Waals surface area (Å²) >= 11 is 0. The predicted octanol–water partition coefficient (Wildman–Crippen LogP) is 7.09. The molecular weight excluding hydrogens is 494 g/mol. The summed E-state index contributed by atoms with van der Waals surface area (Å²) in [5.41, 5.74) is 7.25. The van der Waals surface area contributed by atoms with Gasteiger partial charge in [0.15, 0.2) is 0 Å². The van der Waals surface area contributed by atoms with Crippen molar-refractivity contribution in [2.75, 3.05) is 4.90 Å². The van der Waals surface area contributed by atoms with E-state index < -0.39 is 0 Å². The maximum atomic E-state index is 10.6. The van der Waals surface area contributed by atoms with E-state index in [2.05, 4.69) is 25.4 Å². The van der Waals surface area contributed by atoms with E-state index in [4.69, 9.17) is 4.99 Å². The highest BCUT2D eigenvalue weighted by molar-refractivity contribution is 5.92. The molecule has 6 heteroatoms. The standard InChI is InChI=1S/C34H25N5O/c1-25-11-5-6-14-30(25)37(23-36-27-12-3-2-4-13-27)28-19-26(22-35)20-29(21-28)38-24-39(32-16-8-7-15-31(32)38)33-17-9-10-18-34(33)40/h2-21,23,40H,1H3. The summed E-state index contributed by atoms with van der Waals surface area (Å²) in [5.74, 6) is 0.154. The summed E-state index contributed by atoms with van der Waals surface area (Å²) in [4.78, 5) is 6.73. The number of fused-ring (bicyclic) bond motifs is 1. The Hall–Kier alpha value is -5.67. The van der Waals surface area contributed by atoms with Crippen LogP contribution in [-0.2, 0) is 0 Å². The fraction of sp³-hybridized carbons (Fsp3) is 0.0294. The van der Waals surface area contributed by atoms with Gasteiger partial charge in [-0.15, -0.1) is 0 Å². The molecular formula is C34H25N5O. The van der Waals surface area contributed by atoms with Crippen molar-refractivity contribution in [1.29, 1.82) is 5.26 Å². The van der Waals surface area contributed by atoms with Crippen molar-refractivity contribution in [3.8, 4) is 23.2 Å². The van der Waals surface area contributed by atoms with Crippen molar-refractivity contribution < 1.29 is 9.67 Å². The van der Waals surface area contributed by atoms with E-state index >= 15 is 0 Å². The Morgan fingerprint density at radius 2 is 1.60 bits per heavy atom. The molecule has 192 valence electrons. The minimum Gasteiger partial charge on any atom is -0.511 e. The van der Waals surface area contributed by atoms with E-state index in [1.165, 1.54) is 0 Å². The number of hydrogen-bond donors (Lipinski definition) is 1. The zero-order valence-electron chi connectivity index (χ0n) is 21.8. The molecule has 5 aromatic carbocycles. The number of anilines is 2. The molecule has 0 radical (unpaired) electrons. The molecule has 0 aliphatic heterocycles. The molecule has 0 spiro atoms. The maximum absolute atomic E-state index is 10.6. The number of benzene rings is 5. The third-order valence-electron chi connectivity index (χ3n) is 6.71. The van der Waals surface area contributed by atoms with E-state index in [0.29, 0.717) is 11.3 Å². The third-order valence-corrected chi connectivity index (χ3v) is 6.71. The van der Waals surface area contributed by atoms with Crippen LogP contribution in [0.25, 0.3) is 22.4 Å². The van der Waals surface area contributed by atoms with Gasteiger partial charge in [-0.2, -0.15) is 5.26 Å². The second-order valence-electron chi connectivity index (χ2n) is 9.33. The molecule has 0 saturated heterocycles. The molecule has 0 aliphatic rings. The number of aryl methyl sites for hydroxylation is 1. The molecule has 0 unspecified atom stereocenters. The molecule has 6 nitrogen and oxygen atoms in total. The number of aliphatic imine (C=N–C) groups is 1. The van der Waals surface area contributed by atoms with Crippen LogP contribution >= 0.6 is 0 Å². The lowest BCUT2D eigenvalue weighted by Crippen LogP contribution is -2.29. The molecule has 0 bridgehead atoms. The Labute approximate surface area is 232 Å². The van der Waals surface area contributed by atoms with Crippen molar-refractivity contribution in [3.05, 3.63) is 139 Å². The van der Waals surface area contributed by atoms with Gasteiger partial charge in [-0.3, -0.25) is 9.13 Å². The Balaban J connectivity index is 1.55. The average Bonchev–Trinajstić information content (AvgIpc) is 3.38. The number of hydrogen-bond acceptors (Lipinski definition) is 3. The minimum absolute atomic E-state index is 0.154.